The molecule has 2 rings (SSSR count). The highest BCUT2D eigenvalue weighted by molar-refractivity contribution is 6.30. The molecule has 5 nitrogen and oxygen atoms in total. The molecule has 1 atom stereocenters. The van der Waals surface area contributed by atoms with E-state index in [2.05, 4.69) is 19.2 Å². The van der Waals surface area contributed by atoms with E-state index in [0.29, 0.717) is 50.1 Å². The molecule has 1 aliphatic rings. The number of hydrogen-bond donors (Lipinski definition) is 1. The quantitative estimate of drug-likeness (QED) is 0.754. The third-order valence-corrected chi connectivity index (χ3v) is 4.70. The van der Waals surface area contributed by atoms with Crippen LogP contribution >= 0.6 is 11.6 Å². The second-order valence-electron chi connectivity index (χ2n) is 7.17. The fourth-order valence-corrected chi connectivity index (χ4v) is 3.19. The van der Waals surface area contributed by atoms with Crippen molar-refractivity contribution in [3.63, 3.8) is 0 Å². The lowest BCUT2D eigenvalue weighted by Gasteiger charge is -2.31. The summed E-state index contributed by atoms with van der Waals surface area (Å²) in [6, 6.07) is 7.22. The molecule has 1 aliphatic heterocycles. The van der Waals surface area contributed by atoms with Gasteiger partial charge in [-0.1, -0.05) is 37.6 Å². The third kappa shape index (κ3) is 6.96. The van der Waals surface area contributed by atoms with Gasteiger partial charge in [-0.2, -0.15) is 0 Å². The summed E-state index contributed by atoms with van der Waals surface area (Å²) in [4.78, 5) is 26.9. The molecule has 6 heteroatoms. The number of carbonyl (C=O) groups excluding carboxylic acids is 2. The van der Waals surface area contributed by atoms with Crippen LogP contribution in [-0.4, -0.2) is 49.1 Å². The lowest BCUT2D eigenvalue weighted by Crippen LogP contribution is -2.52. The Kier molecular flexibility index (Phi) is 8.39. The SMILES string of the molecule is CC(C)C[C@H](NC(=O)CCCc1ccc(Cl)cc1)C(=O)N1CCOCC1. The number of carbonyl (C=O) groups is 2. The van der Waals surface area contributed by atoms with Crippen LogP contribution in [0.25, 0.3) is 0 Å². The molecule has 0 aromatic heterocycles. The Morgan fingerprint density at radius 3 is 2.46 bits per heavy atom. The maximum absolute atomic E-state index is 12.7. The average molecular weight is 381 g/mol. The number of hydrogen-bond acceptors (Lipinski definition) is 3. The Balaban J connectivity index is 1.82. The van der Waals surface area contributed by atoms with E-state index in [4.69, 9.17) is 16.3 Å². The summed E-state index contributed by atoms with van der Waals surface area (Å²) in [5, 5.41) is 3.66. The summed E-state index contributed by atoms with van der Waals surface area (Å²) in [7, 11) is 0. The molecule has 2 amide bonds. The molecule has 1 fully saturated rings. The number of benzene rings is 1. The fourth-order valence-electron chi connectivity index (χ4n) is 3.07. The normalized spacial score (nSPS) is 15.8. The van der Waals surface area contributed by atoms with Crippen LogP contribution in [-0.2, 0) is 20.7 Å². The molecule has 1 aromatic carbocycles. The standard InChI is InChI=1S/C20H29ClN2O3/c1-15(2)14-18(20(25)23-10-12-26-13-11-23)22-19(24)5-3-4-16-6-8-17(21)9-7-16/h6-9,15,18H,3-5,10-14H2,1-2H3,(H,22,24)/t18-/m0/s1. The number of nitrogens with one attached hydrogen (secondary N) is 1. The van der Waals surface area contributed by atoms with Crippen molar-refractivity contribution in [2.45, 2.75) is 45.6 Å². The highest BCUT2D eigenvalue weighted by Gasteiger charge is 2.27. The zero-order valence-corrected chi connectivity index (χ0v) is 16.4. The summed E-state index contributed by atoms with van der Waals surface area (Å²) in [5.41, 5.74) is 1.16. The summed E-state index contributed by atoms with van der Waals surface area (Å²) >= 11 is 5.88. The topological polar surface area (TPSA) is 58.6 Å². The average Bonchev–Trinajstić information content (AvgIpc) is 2.62. The molecular weight excluding hydrogens is 352 g/mol. The van der Waals surface area contributed by atoms with Crippen molar-refractivity contribution >= 4 is 23.4 Å². The van der Waals surface area contributed by atoms with Crippen LogP contribution in [0.3, 0.4) is 0 Å². The molecule has 0 bridgehead atoms. The van der Waals surface area contributed by atoms with Gasteiger partial charge >= 0.3 is 0 Å². The second kappa shape index (κ2) is 10.5. The predicted molar refractivity (Wildman–Crippen MR) is 103 cm³/mol. The fraction of sp³-hybridized carbons (Fsp3) is 0.600. The maximum atomic E-state index is 12.7. The minimum absolute atomic E-state index is 0.00745. The van der Waals surface area contributed by atoms with Gasteiger partial charge in [0.05, 0.1) is 13.2 Å². The summed E-state index contributed by atoms with van der Waals surface area (Å²) in [5.74, 6) is 0.277. The first-order chi connectivity index (χ1) is 12.5. The molecular formula is C20H29ClN2O3. The Bertz CT molecular complexity index is 583. The zero-order valence-electron chi connectivity index (χ0n) is 15.7. The minimum atomic E-state index is -0.448. The van der Waals surface area contributed by atoms with Gasteiger partial charge in [0.2, 0.25) is 11.8 Å². The highest BCUT2D eigenvalue weighted by Crippen LogP contribution is 2.13. The molecule has 26 heavy (non-hydrogen) atoms. The van der Waals surface area contributed by atoms with Crippen LogP contribution in [0.15, 0.2) is 24.3 Å². The van der Waals surface area contributed by atoms with Gasteiger partial charge in [0.15, 0.2) is 0 Å². The zero-order chi connectivity index (χ0) is 18.9. The second-order valence-corrected chi connectivity index (χ2v) is 7.60. The van der Waals surface area contributed by atoms with Gasteiger partial charge in [0.1, 0.15) is 6.04 Å². The molecule has 0 spiro atoms. The van der Waals surface area contributed by atoms with Crippen molar-refractivity contribution < 1.29 is 14.3 Å². The van der Waals surface area contributed by atoms with Crippen molar-refractivity contribution in [2.75, 3.05) is 26.3 Å². The molecule has 1 saturated heterocycles. The van der Waals surface area contributed by atoms with Gasteiger partial charge in [-0.15, -0.1) is 0 Å². The summed E-state index contributed by atoms with van der Waals surface area (Å²) in [6.45, 7) is 6.45. The number of aryl methyl sites for hydroxylation is 1. The van der Waals surface area contributed by atoms with Crippen molar-refractivity contribution in [1.29, 1.82) is 0 Å². The van der Waals surface area contributed by atoms with Crippen LogP contribution in [0, 0.1) is 5.92 Å². The number of halogens is 1. The molecule has 0 aliphatic carbocycles. The Morgan fingerprint density at radius 2 is 1.85 bits per heavy atom. The number of rotatable bonds is 8. The van der Waals surface area contributed by atoms with Crippen molar-refractivity contribution in [1.82, 2.24) is 10.2 Å². The smallest absolute Gasteiger partial charge is 0.245 e. The van der Waals surface area contributed by atoms with Crippen LogP contribution in [0.4, 0.5) is 0 Å². The van der Waals surface area contributed by atoms with Crippen LogP contribution in [0.1, 0.15) is 38.7 Å². The molecule has 1 aromatic rings. The van der Waals surface area contributed by atoms with E-state index in [-0.39, 0.29) is 11.8 Å². The maximum Gasteiger partial charge on any atom is 0.245 e. The first-order valence-electron chi connectivity index (χ1n) is 9.36. The van der Waals surface area contributed by atoms with Crippen LogP contribution in [0.5, 0.6) is 0 Å². The van der Waals surface area contributed by atoms with E-state index in [9.17, 15) is 9.59 Å². The van der Waals surface area contributed by atoms with Gasteiger partial charge in [-0.3, -0.25) is 9.59 Å². The lowest BCUT2D eigenvalue weighted by molar-refractivity contribution is -0.140. The Hall–Kier alpha value is -1.59. The highest BCUT2D eigenvalue weighted by atomic mass is 35.5. The molecule has 144 valence electrons. The predicted octanol–water partition coefficient (Wildman–Crippen LogP) is 3.05. The van der Waals surface area contributed by atoms with E-state index < -0.39 is 6.04 Å². The molecule has 1 heterocycles. The monoisotopic (exact) mass is 380 g/mol. The lowest BCUT2D eigenvalue weighted by atomic mass is 10.0. The number of amides is 2. The Labute approximate surface area is 161 Å². The first-order valence-corrected chi connectivity index (χ1v) is 9.74. The summed E-state index contributed by atoms with van der Waals surface area (Å²) < 4.78 is 5.30. The van der Waals surface area contributed by atoms with Gasteiger partial charge in [0.25, 0.3) is 0 Å². The van der Waals surface area contributed by atoms with Gasteiger partial charge < -0.3 is 15.0 Å². The van der Waals surface area contributed by atoms with E-state index >= 15 is 0 Å². The minimum Gasteiger partial charge on any atom is -0.378 e. The van der Waals surface area contributed by atoms with Crippen LogP contribution in [0.2, 0.25) is 5.02 Å². The van der Waals surface area contributed by atoms with E-state index in [1.165, 1.54) is 0 Å². The molecule has 0 radical (unpaired) electrons. The van der Waals surface area contributed by atoms with Crippen molar-refractivity contribution in [3.8, 4) is 0 Å². The van der Waals surface area contributed by atoms with Gasteiger partial charge in [-0.25, -0.2) is 0 Å². The van der Waals surface area contributed by atoms with E-state index in [0.717, 1.165) is 18.4 Å². The Morgan fingerprint density at radius 1 is 1.19 bits per heavy atom. The first kappa shape index (κ1) is 20.7. The molecule has 0 unspecified atom stereocenters. The van der Waals surface area contributed by atoms with E-state index in [1.807, 2.05) is 24.3 Å². The van der Waals surface area contributed by atoms with E-state index in [1.54, 1.807) is 4.90 Å². The number of nitrogens with zero attached hydrogens (tertiary/aromatic N) is 1. The number of morpholine rings is 1. The van der Waals surface area contributed by atoms with Crippen molar-refractivity contribution in [2.24, 2.45) is 5.92 Å². The third-order valence-electron chi connectivity index (χ3n) is 4.45. The number of ether oxygens (including phenoxy) is 1. The molecule has 1 N–H and O–H groups in total. The molecule has 0 saturated carbocycles. The van der Waals surface area contributed by atoms with Gasteiger partial charge in [0, 0.05) is 24.5 Å². The largest absolute Gasteiger partial charge is 0.378 e. The van der Waals surface area contributed by atoms with Crippen LogP contribution < -0.4 is 5.32 Å². The summed E-state index contributed by atoms with van der Waals surface area (Å²) in [6.07, 6.45) is 2.62. The van der Waals surface area contributed by atoms with Gasteiger partial charge in [-0.05, 0) is 42.9 Å². The van der Waals surface area contributed by atoms with Crippen molar-refractivity contribution in [3.05, 3.63) is 34.9 Å².